The van der Waals surface area contributed by atoms with E-state index in [1.807, 2.05) is 37.3 Å². The second-order valence-corrected chi connectivity index (χ2v) is 7.32. The Labute approximate surface area is 180 Å². The van der Waals surface area contributed by atoms with Gasteiger partial charge in [-0.05, 0) is 30.2 Å². The van der Waals surface area contributed by atoms with E-state index in [-0.39, 0.29) is 30.9 Å². The van der Waals surface area contributed by atoms with Gasteiger partial charge in [-0.25, -0.2) is 4.79 Å². The molecule has 1 aliphatic heterocycles. The van der Waals surface area contributed by atoms with Gasteiger partial charge in [0, 0.05) is 13.3 Å². The Bertz CT molecular complexity index is 946. The van der Waals surface area contributed by atoms with Crippen molar-refractivity contribution in [2.24, 2.45) is 0 Å². The standard InChI is InChI=1S/C23H26N2O6/c1-14(17-7-5-4-6-8-17)24-22(27)21-13-30-20-12-16(9-10-19(20)31-21)11-18(23(28)29-3)25-15(2)26/h4-10,12,14,18,21H,11,13H2,1-3H3,(H,24,27)(H,25,26)/t14-,18-,21+/m0/s1. The molecule has 0 radical (unpaired) electrons. The summed E-state index contributed by atoms with van der Waals surface area (Å²) >= 11 is 0. The normalized spacial score (nSPS) is 16.5. The topological polar surface area (TPSA) is 103 Å². The Kier molecular flexibility index (Phi) is 7.12. The molecule has 0 unspecified atom stereocenters. The highest BCUT2D eigenvalue weighted by atomic mass is 16.6. The third-order valence-corrected chi connectivity index (χ3v) is 4.92. The number of methoxy groups -OCH3 is 1. The van der Waals surface area contributed by atoms with Crippen molar-refractivity contribution in [3.8, 4) is 11.5 Å². The first-order valence-corrected chi connectivity index (χ1v) is 10.00. The molecule has 0 bridgehead atoms. The summed E-state index contributed by atoms with van der Waals surface area (Å²) in [6.07, 6.45) is -0.534. The first-order chi connectivity index (χ1) is 14.9. The van der Waals surface area contributed by atoms with Gasteiger partial charge in [0.1, 0.15) is 12.6 Å². The largest absolute Gasteiger partial charge is 0.485 e. The van der Waals surface area contributed by atoms with E-state index in [1.165, 1.54) is 14.0 Å². The minimum Gasteiger partial charge on any atom is -0.485 e. The monoisotopic (exact) mass is 426 g/mol. The van der Waals surface area contributed by atoms with E-state index in [2.05, 4.69) is 10.6 Å². The van der Waals surface area contributed by atoms with Gasteiger partial charge in [0.25, 0.3) is 5.91 Å². The fourth-order valence-corrected chi connectivity index (χ4v) is 3.32. The molecule has 0 aromatic heterocycles. The maximum absolute atomic E-state index is 12.6. The molecular weight excluding hydrogens is 400 g/mol. The molecule has 0 saturated heterocycles. The van der Waals surface area contributed by atoms with E-state index >= 15 is 0 Å². The highest BCUT2D eigenvalue weighted by Gasteiger charge is 2.29. The average molecular weight is 426 g/mol. The number of ether oxygens (including phenoxy) is 3. The lowest BCUT2D eigenvalue weighted by atomic mass is 10.0. The summed E-state index contributed by atoms with van der Waals surface area (Å²) in [6, 6.07) is 13.9. The fourth-order valence-electron chi connectivity index (χ4n) is 3.32. The lowest BCUT2D eigenvalue weighted by Gasteiger charge is -2.27. The number of esters is 1. The Hall–Kier alpha value is -3.55. The number of nitrogens with one attached hydrogen (secondary N) is 2. The summed E-state index contributed by atoms with van der Waals surface area (Å²) in [5.41, 5.74) is 1.75. The summed E-state index contributed by atoms with van der Waals surface area (Å²) < 4.78 is 16.3. The Morgan fingerprint density at radius 2 is 1.84 bits per heavy atom. The predicted octanol–water partition coefficient (Wildman–Crippen LogP) is 1.92. The predicted molar refractivity (Wildman–Crippen MR) is 113 cm³/mol. The second-order valence-electron chi connectivity index (χ2n) is 7.32. The van der Waals surface area contributed by atoms with Crippen molar-refractivity contribution in [1.29, 1.82) is 0 Å². The molecule has 1 aliphatic rings. The molecule has 31 heavy (non-hydrogen) atoms. The van der Waals surface area contributed by atoms with Crippen molar-refractivity contribution in [3.63, 3.8) is 0 Å². The zero-order valence-corrected chi connectivity index (χ0v) is 17.7. The van der Waals surface area contributed by atoms with Crippen LogP contribution >= 0.6 is 0 Å². The van der Waals surface area contributed by atoms with Crippen LogP contribution in [0.15, 0.2) is 48.5 Å². The van der Waals surface area contributed by atoms with Gasteiger partial charge in [-0.2, -0.15) is 0 Å². The molecular formula is C23H26N2O6. The summed E-state index contributed by atoms with van der Waals surface area (Å²) in [7, 11) is 1.27. The van der Waals surface area contributed by atoms with E-state index in [4.69, 9.17) is 14.2 Å². The molecule has 0 fully saturated rings. The van der Waals surface area contributed by atoms with Gasteiger partial charge in [-0.15, -0.1) is 0 Å². The zero-order chi connectivity index (χ0) is 22.4. The minimum atomic E-state index is -0.803. The van der Waals surface area contributed by atoms with E-state index in [0.29, 0.717) is 11.5 Å². The fraction of sp³-hybridized carbons (Fsp3) is 0.348. The molecule has 2 N–H and O–H groups in total. The molecule has 2 amide bonds. The maximum Gasteiger partial charge on any atom is 0.328 e. The molecule has 0 aliphatic carbocycles. The van der Waals surface area contributed by atoms with Crippen LogP contribution in [0.25, 0.3) is 0 Å². The average Bonchev–Trinajstić information content (AvgIpc) is 2.77. The molecule has 164 valence electrons. The van der Waals surface area contributed by atoms with Crippen molar-refractivity contribution in [2.45, 2.75) is 38.5 Å². The first kappa shape index (κ1) is 22.1. The van der Waals surface area contributed by atoms with Crippen molar-refractivity contribution in [3.05, 3.63) is 59.7 Å². The number of amides is 2. The van der Waals surface area contributed by atoms with Crippen molar-refractivity contribution in [2.75, 3.05) is 13.7 Å². The molecule has 0 spiro atoms. The number of carbonyl (C=O) groups excluding carboxylic acids is 3. The number of benzene rings is 2. The van der Waals surface area contributed by atoms with Crippen LogP contribution in [0.4, 0.5) is 0 Å². The summed E-state index contributed by atoms with van der Waals surface area (Å²) in [4.78, 5) is 35.9. The van der Waals surface area contributed by atoms with Crippen molar-refractivity contribution < 1.29 is 28.6 Å². The molecule has 1 heterocycles. The summed E-state index contributed by atoms with van der Waals surface area (Å²) in [6.45, 7) is 3.31. The minimum absolute atomic E-state index is 0.0654. The van der Waals surface area contributed by atoms with Gasteiger partial charge >= 0.3 is 5.97 Å². The molecule has 3 rings (SSSR count). The smallest absolute Gasteiger partial charge is 0.328 e. The lowest BCUT2D eigenvalue weighted by Crippen LogP contribution is -2.44. The Morgan fingerprint density at radius 3 is 2.52 bits per heavy atom. The number of carbonyl (C=O) groups is 3. The third kappa shape index (κ3) is 5.75. The van der Waals surface area contributed by atoms with Gasteiger partial charge in [0.05, 0.1) is 13.2 Å². The van der Waals surface area contributed by atoms with Gasteiger partial charge in [-0.1, -0.05) is 36.4 Å². The first-order valence-electron chi connectivity index (χ1n) is 10.00. The SMILES string of the molecule is COC(=O)[C@H](Cc1ccc2c(c1)OC[C@H](C(=O)N[C@@H](C)c1ccccc1)O2)NC(C)=O. The van der Waals surface area contributed by atoms with Crippen LogP contribution in [0.2, 0.25) is 0 Å². The molecule has 8 nitrogen and oxygen atoms in total. The van der Waals surface area contributed by atoms with E-state index in [0.717, 1.165) is 11.1 Å². The van der Waals surface area contributed by atoms with Crippen molar-refractivity contribution in [1.82, 2.24) is 10.6 Å². The van der Waals surface area contributed by atoms with Gasteiger partial charge in [0.2, 0.25) is 12.0 Å². The van der Waals surface area contributed by atoms with E-state index in [9.17, 15) is 14.4 Å². The summed E-state index contributed by atoms with van der Waals surface area (Å²) in [5, 5.41) is 5.51. The maximum atomic E-state index is 12.6. The summed E-state index contributed by atoms with van der Waals surface area (Å²) in [5.74, 6) is -0.205. The zero-order valence-electron chi connectivity index (χ0n) is 17.7. The van der Waals surface area contributed by atoms with Gasteiger partial charge < -0.3 is 24.8 Å². The van der Waals surface area contributed by atoms with Crippen molar-refractivity contribution >= 4 is 17.8 Å². The molecule has 0 saturated carbocycles. The number of fused-ring (bicyclic) bond motifs is 1. The van der Waals surface area contributed by atoms with Crippen LogP contribution in [-0.4, -0.2) is 43.6 Å². The van der Waals surface area contributed by atoms with Crippen LogP contribution in [0.5, 0.6) is 11.5 Å². The molecule has 2 aromatic rings. The van der Waals surface area contributed by atoms with Gasteiger partial charge in [-0.3, -0.25) is 9.59 Å². The van der Waals surface area contributed by atoms with Crippen LogP contribution in [-0.2, 0) is 25.5 Å². The third-order valence-electron chi connectivity index (χ3n) is 4.92. The highest BCUT2D eigenvalue weighted by molar-refractivity contribution is 5.83. The molecule has 3 atom stereocenters. The highest BCUT2D eigenvalue weighted by Crippen LogP contribution is 2.33. The second kappa shape index (κ2) is 9.97. The number of hydrogen-bond acceptors (Lipinski definition) is 6. The Morgan fingerprint density at radius 1 is 1.10 bits per heavy atom. The van der Waals surface area contributed by atoms with Crippen LogP contribution < -0.4 is 20.1 Å². The number of rotatable bonds is 7. The Balaban J connectivity index is 1.63. The van der Waals surface area contributed by atoms with Gasteiger partial charge in [0.15, 0.2) is 11.5 Å². The lowest BCUT2D eigenvalue weighted by molar-refractivity contribution is -0.144. The van der Waals surface area contributed by atoms with E-state index < -0.39 is 18.1 Å². The van der Waals surface area contributed by atoms with Crippen LogP contribution in [0.3, 0.4) is 0 Å². The van der Waals surface area contributed by atoms with Crippen LogP contribution in [0, 0.1) is 0 Å². The number of hydrogen-bond donors (Lipinski definition) is 2. The quantitative estimate of drug-likeness (QED) is 0.656. The molecule has 2 aromatic carbocycles. The van der Waals surface area contributed by atoms with Crippen LogP contribution in [0.1, 0.15) is 31.0 Å². The molecule has 8 heteroatoms. The van der Waals surface area contributed by atoms with E-state index in [1.54, 1.807) is 18.2 Å².